The van der Waals surface area contributed by atoms with E-state index < -0.39 is 0 Å². The molecule has 1 aromatic carbocycles. The maximum Gasteiger partial charge on any atom is 0.235 e. The maximum atomic E-state index is 10.1. The van der Waals surface area contributed by atoms with Crippen molar-refractivity contribution in [1.29, 1.82) is 0 Å². The van der Waals surface area contributed by atoms with Crippen LogP contribution in [-0.2, 0) is 11.3 Å². The molecule has 2 rings (SSSR count). The number of carbonyl (C=O) groups excluding carboxylic acids is 1. The number of isocyanates is 1. The second kappa shape index (κ2) is 4.43. The fourth-order valence-electron chi connectivity index (χ4n) is 1.47. The highest BCUT2D eigenvalue weighted by molar-refractivity contribution is 6.33. The van der Waals surface area contributed by atoms with Crippen molar-refractivity contribution in [3.05, 3.63) is 16.7 Å². The number of hydrogen-bond donors (Lipinski definition) is 1. The largest absolute Gasteiger partial charge is 0.506 e. The molecule has 16 heavy (non-hydrogen) atoms. The van der Waals surface area contributed by atoms with E-state index in [1.165, 1.54) is 12.1 Å². The Bertz CT molecular complexity index is 468. The first kappa shape index (κ1) is 10.8. The van der Waals surface area contributed by atoms with Crippen molar-refractivity contribution in [2.45, 2.75) is 6.54 Å². The van der Waals surface area contributed by atoms with Gasteiger partial charge in [0, 0.05) is 11.6 Å². The molecule has 1 heterocycles. The first-order valence-electron chi connectivity index (χ1n) is 4.57. The van der Waals surface area contributed by atoms with Gasteiger partial charge in [0.15, 0.2) is 11.5 Å². The molecular formula is C10H8ClNO4. The predicted molar refractivity (Wildman–Crippen MR) is 55.9 cm³/mol. The van der Waals surface area contributed by atoms with Gasteiger partial charge >= 0.3 is 0 Å². The molecule has 0 fully saturated rings. The minimum absolute atomic E-state index is 0.00241. The highest BCUT2D eigenvalue weighted by Gasteiger charge is 2.21. The van der Waals surface area contributed by atoms with Crippen molar-refractivity contribution >= 4 is 17.7 Å². The van der Waals surface area contributed by atoms with E-state index in [1.807, 2.05) is 0 Å². The van der Waals surface area contributed by atoms with Crippen molar-refractivity contribution < 1.29 is 19.4 Å². The monoisotopic (exact) mass is 241 g/mol. The molecule has 0 bridgehead atoms. The number of fused-ring (bicyclic) bond motifs is 1. The SMILES string of the molecule is O=C=NCc1c(Cl)c(O)cc2c1OCCO2. The number of phenols is 1. The third-order valence-corrected chi connectivity index (χ3v) is 2.57. The fourth-order valence-corrected chi connectivity index (χ4v) is 1.67. The van der Waals surface area contributed by atoms with Crippen molar-refractivity contribution in [2.75, 3.05) is 13.2 Å². The Morgan fingerprint density at radius 3 is 3.00 bits per heavy atom. The van der Waals surface area contributed by atoms with Crippen molar-refractivity contribution in [3.8, 4) is 17.2 Å². The van der Waals surface area contributed by atoms with Gasteiger partial charge in [0.05, 0.1) is 11.6 Å². The molecule has 0 spiro atoms. The van der Waals surface area contributed by atoms with Crippen LogP contribution in [0.4, 0.5) is 0 Å². The number of benzene rings is 1. The van der Waals surface area contributed by atoms with Crippen molar-refractivity contribution in [2.24, 2.45) is 4.99 Å². The topological polar surface area (TPSA) is 68.1 Å². The first-order chi connectivity index (χ1) is 7.74. The number of hydrogen-bond acceptors (Lipinski definition) is 5. The summed E-state index contributed by atoms with van der Waals surface area (Å²) < 4.78 is 10.7. The Balaban J connectivity index is 2.53. The zero-order chi connectivity index (χ0) is 11.5. The van der Waals surface area contributed by atoms with Gasteiger partial charge in [-0.15, -0.1) is 0 Å². The van der Waals surface area contributed by atoms with Gasteiger partial charge in [-0.3, -0.25) is 0 Å². The summed E-state index contributed by atoms with van der Waals surface area (Å²) in [6, 6.07) is 1.38. The summed E-state index contributed by atoms with van der Waals surface area (Å²) in [7, 11) is 0. The summed E-state index contributed by atoms with van der Waals surface area (Å²) in [4.78, 5) is 13.5. The van der Waals surface area contributed by atoms with Gasteiger partial charge < -0.3 is 14.6 Å². The Hall–Kier alpha value is -1.71. The smallest absolute Gasteiger partial charge is 0.235 e. The van der Waals surface area contributed by atoms with Crippen molar-refractivity contribution in [3.63, 3.8) is 0 Å². The average Bonchev–Trinajstić information content (AvgIpc) is 2.30. The molecule has 1 aliphatic rings. The van der Waals surface area contributed by atoms with E-state index in [0.717, 1.165) is 0 Å². The van der Waals surface area contributed by atoms with Crippen LogP contribution < -0.4 is 9.47 Å². The third-order valence-electron chi connectivity index (χ3n) is 2.14. The average molecular weight is 242 g/mol. The number of rotatable bonds is 2. The number of nitrogens with zero attached hydrogens (tertiary/aromatic N) is 1. The van der Waals surface area contributed by atoms with E-state index in [2.05, 4.69) is 4.99 Å². The van der Waals surface area contributed by atoms with Gasteiger partial charge in [0.2, 0.25) is 6.08 Å². The quantitative estimate of drug-likeness (QED) is 0.632. The third kappa shape index (κ3) is 1.83. The van der Waals surface area contributed by atoms with Crippen LogP contribution in [0.5, 0.6) is 17.2 Å². The van der Waals surface area contributed by atoms with Crippen LogP contribution >= 0.6 is 11.6 Å². The molecular weight excluding hydrogens is 234 g/mol. The van der Waals surface area contributed by atoms with Crippen LogP contribution in [0.3, 0.4) is 0 Å². The highest BCUT2D eigenvalue weighted by Crippen LogP contribution is 2.43. The molecule has 0 aliphatic carbocycles. The lowest BCUT2D eigenvalue weighted by molar-refractivity contribution is 0.169. The second-order valence-corrected chi connectivity index (χ2v) is 3.50. The summed E-state index contributed by atoms with van der Waals surface area (Å²) in [5, 5.41) is 9.66. The maximum absolute atomic E-state index is 10.1. The van der Waals surface area contributed by atoms with Crippen LogP contribution in [-0.4, -0.2) is 24.4 Å². The Morgan fingerprint density at radius 1 is 1.50 bits per heavy atom. The summed E-state index contributed by atoms with van der Waals surface area (Å²) in [5.41, 5.74) is 0.430. The number of aliphatic imine (C=N–C) groups is 1. The zero-order valence-electron chi connectivity index (χ0n) is 8.20. The van der Waals surface area contributed by atoms with E-state index in [4.69, 9.17) is 21.1 Å². The highest BCUT2D eigenvalue weighted by atomic mass is 35.5. The summed E-state index contributed by atoms with van der Waals surface area (Å²) in [5.74, 6) is 0.708. The predicted octanol–water partition coefficient (Wildman–Crippen LogP) is 1.65. The van der Waals surface area contributed by atoms with Gasteiger partial charge in [-0.2, -0.15) is 0 Å². The van der Waals surface area contributed by atoms with E-state index in [1.54, 1.807) is 0 Å². The van der Waals surface area contributed by atoms with Crippen LogP contribution in [0.25, 0.3) is 0 Å². The number of phenolic OH excluding ortho intramolecular Hbond substituents is 1. The molecule has 0 amide bonds. The Labute approximate surface area is 96.3 Å². The summed E-state index contributed by atoms with van der Waals surface area (Å²) in [6.07, 6.45) is 1.41. The lowest BCUT2D eigenvalue weighted by Crippen LogP contribution is -2.16. The van der Waals surface area contributed by atoms with Gasteiger partial charge in [-0.1, -0.05) is 11.6 Å². The lowest BCUT2D eigenvalue weighted by Gasteiger charge is -2.21. The molecule has 1 aliphatic heterocycles. The summed E-state index contributed by atoms with van der Waals surface area (Å²) in [6.45, 7) is 0.804. The molecule has 6 heteroatoms. The van der Waals surface area contributed by atoms with Crippen LogP contribution in [0.2, 0.25) is 5.02 Å². The van der Waals surface area contributed by atoms with Crippen LogP contribution in [0, 0.1) is 0 Å². The Morgan fingerprint density at radius 2 is 2.25 bits per heavy atom. The molecule has 0 unspecified atom stereocenters. The van der Waals surface area contributed by atoms with E-state index in [9.17, 15) is 9.90 Å². The van der Waals surface area contributed by atoms with Gasteiger partial charge in [-0.05, 0) is 0 Å². The minimum Gasteiger partial charge on any atom is -0.506 e. The molecule has 84 valence electrons. The number of halogens is 1. The molecule has 0 atom stereocenters. The molecule has 0 saturated carbocycles. The molecule has 0 saturated heterocycles. The molecule has 0 aromatic heterocycles. The normalized spacial score (nSPS) is 13.1. The second-order valence-electron chi connectivity index (χ2n) is 3.12. The summed E-state index contributed by atoms with van der Waals surface area (Å²) >= 11 is 5.89. The lowest BCUT2D eigenvalue weighted by atomic mass is 10.1. The Kier molecular flexibility index (Phi) is 2.99. The van der Waals surface area contributed by atoms with E-state index in [-0.39, 0.29) is 17.3 Å². The molecule has 5 nitrogen and oxygen atoms in total. The molecule has 0 radical (unpaired) electrons. The van der Waals surface area contributed by atoms with Crippen LogP contribution in [0.15, 0.2) is 11.1 Å². The number of ether oxygens (including phenoxy) is 2. The van der Waals surface area contributed by atoms with Crippen molar-refractivity contribution in [1.82, 2.24) is 0 Å². The van der Waals surface area contributed by atoms with Crippen LogP contribution in [0.1, 0.15) is 5.56 Å². The van der Waals surface area contributed by atoms with Gasteiger partial charge in [-0.25, -0.2) is 9.79 Å². The molecule has 1 aromatic rings. The fraction of sp³-hybridized carbons (Fsp3) is 0.300. The molecule has 1 N–H and O–H groups in total. The van der Waals surface area contributed by atoms with E-state index in [0.29, 0.717) is 30.3 Å². The standard InChI is InChI=1S/C10H8ClNO4/c11-9-6(4-12-5-13)10-8(3-7(9)14)15-1-2-16-10/h3,14H,1-2,4H2. The number of aromatic hydroxyl groups is 1. The van der Waals surface area contributed by atoms with Gasteiger partial charge in [0.25, 0.3) is 0 Å². The first-order valence-corrected chi connectivity index (χ1v) is 4.95. The zero-order valence-corrected chi connectivity index (χ0v) is 8.95. The van der Waals surface area contributed by atoms with Gasteiger partial charge in [0.1, 0.15) is 19.0 Å². The van der Waals surface area contributed by atoms with E-state index >= 15 is 0 Å². The minimum atomic E-state index is -0.123.